The van der Waals surface area contributed by atoms with Crippen molar-refractivity contribution in [1.82, 2.24) is 0 Å². The van der Waals surface area contributed by atoms with E-state index in [1.165, 1.54) is 25.7 Å². The lowest BCUT2D eigenvalue weighted by Crippen LogP contribution is -2.34. The Balaban J connectivity index is 2.39. The van der Waals surface area contributed by atoms with Gasteiger partial charge in [0.25, 0.3) is 0 Å². The van der Waals surface area contributed by atoms with Gasteiger partial charge in [-0.1, -0.05) is 113 Å². The third kappa shape index (κ3) is 7.68. The maximum atomic E-state index is 6.50. The van der Waals surface area contributed by atoms with Gasteiger partial charge in [-0.25, -0.2) is 9.78 Å². The first-order chi connectivity index (χ1) is 16.1. The summed E-state index contributed by atoms with van der Waals surface area (Å²) in [6.07, 6.45) is 8.67. The van der Waals surface area contributed by atoms with Gasteiger partial charge in [-0.2, -0.15) is 0 Å². The van der Waals surface area contributed by atoms with Gasteiger partial charge in [-0.3, -0.25) is 0 Å². The number of rotatable bonds is 15. The largest absolute Gasteiger partial charge is 0.225 e. The maximum Gasteiger partial charge on any atom is 0.126 e. The predicted molar refractivity (Wildman–Crippen MR) is 147 cm³/mol. The molecule has 2 unspecified atom stereocenters. The van der Waals surface area contributed by atoms with Crippen LogP contribution in [0.25, 0.3) is 11.1 Å². The Hall–Kier alpha value is -2.16. The summed E-state index contributed by atoms with van der Waals surface area (Å²) in [7, 11) is 0. The molecule has 0 N–H and O–H groups in total. The van der Waals surface area contributed by atoms with Crippen LogP contribution in [0.15, 0.2) is 61.7 Å². The average Bonchev–Trinajstić information content (AvgIpc) is 2.83. The summed E-state index contributed by atoms with van der Waals surface area (Å²) in [5, 5.41) is 0. The van der Waals surface area contributed by atoms with Crippen LogP contribution >= 0.6 is 0 Å². The Morgan fingerprint density at radius 3 is 1.38 bits per heavy atom. The zero-order valence-corrected chi connectivity index (χ0v) is 22.5. The second-order valence-corrected chi connectivity index (χ2v) is 10.3. The molecule has 0 amide bonds. The molecule has 34 heavy (non-hydrogen) atoms. The molecule has 0 bridgehead atoms. The summed E-state index contributed by atoms with van der Waals surface area (Å²) in [5.41, 5.74) is 5.58. The summed E-state index contributed by atoms with van der Waals surface area (Å²) in [4.78, 5) is 13.0. The van der Waals surface area contributed by atoms with E-state index in [-0.39, 0.29) is 0 Å². The lowest BCUT2D eigenvalue weighted by Gasteiger charge is -2.36. The molecule has 2 heteroatoms. The van der Waals surface area contributed by atoms with E-state index in [9.17, 15) is 0 Å². The van der Waals surface area contributed by atoms with Gasteiger partial charge in [0.05, 0.1) is 0 Å². The highest BCUT2D eigenvalue weighted by atomic mass is 17.2. The molecule has 2 aromatic carbocycles. The van der Waals surface area contributed by atoms with Gasteiger partial charge in [0.15, 0.2) is 0 Å². The monoisotopic (exact) mass is 462 g/mol. The number of unbranched alkanes of at least 4 members (excludes halogenated alkanes) is 4. The van der Waals surface area contributed by atoms with Crippen molar-refractivity contribution in [2.75, 3.05) is 0 Å². The van der Waals surface area contributed by atoms with Gasteiger partial charge in [0.2, 0.25) is 0 Å². The molecule has 0 aliphatic heterocycles. The van der Waals surface area contributed by atoms with Crippen molar-refractivity contribution >= 4 is 11.1 Å². The fraction of sp³-hybridized carbons (Fsp3) is 0.500. The van der Waals surface area contributed by atoms with E-state index in [1.54, 1.807) is 0 Å². The van der Waals surface area contributed by atoms with Crippen molar-refractivity contribution < 1.29 is 9.78 Å². The normalized spacial score (nSPS) is 14.9. The van der Waals surface area contributed by atoms with Crippen molar-refractivity contribution in [2.24, 2.45) is 0 Å². The van der Waals surface area contributed by atoms with E-state index < -0.39 is 11.2 Å². The van der Waals surface area contributed by atoms with Crippen molar-refractivity contribution in [3.63, 3.8) is 0 Å². The number of hydrogen-bond acceptors (Lipinski definition) is 2. The predicted octanol–water partition coefficient (Wildman–Crippen LogP) is 9.99. The lowest BCUT2D eigenvalue weighted by molar-refractivity contribution is -0.420. The summed E-state index contributed by atoms with van der Waals surface area (Å²) < 4.78 is 0. The highest BCUT2D eigenvalue weighted by Gasteiger charge is 2.35. The van der Waals surface area contributed by atoms with Gasteiger partial charge in [0.1, 0.15) is 11.2 Å². The first kappa shape index (κ1) is 28.1. The van der Waals surface area contributed by atoms with Gasteiger partial charge in [-0.15, -0.1) is 0 Å². The minimum atomic E-state index is -0.543. The standard InChI is InChI=1S/C32H46O2/c1-9-11-13-21-31(7,29-19-15-17-27(23-29)25(3)4)33-34-32(8,22-14-12-10-2)30-20-16-18-28(24-30)26(5)6/h15-20,23-24H,3,5,9-14,21-22H2,1-2,4,6-8H3. The van der Waals surface area contributed by atoms with E-state index in [1.807, 2.05) is 13.8 Å². The van der Waals surface area contributed by atoms with Crippen LogP contribution < -0.4 is 0 Å². The Morgan fingerprint density at radius 2 is 1.06 bits per heavy atom. The molecule has 2 rings (SSSR count). The van der Waals surface area contributed by atoms with Gasteiger partial charge >= 0.3 is 0 Å². The molecule has 2 atom stereocenters. The summed E-state index contributed by atoms with van der Waals surface area (Å²) in [6.45, 7) is 21.2. The first-order valence-electron chi connectivity index (χ1n) is 13.0. The molecule has 0 aliphatic rings. The Morgan fingerprint density at radius 1 is 0.676 bits per heavy atom. The molecule has 0 spiro atoms. The highest BCUT2D eigenvalue weighted by molar-refractivity contribution is 5.62. The van der Waals surface area contributed by atoms with Crippen LogP contribution in [0.5, 0.6) is 0 Å². The van der Waals surface area contributed by atoms with Gasteiger partial charge in [-0.05, 0) is 74.9 Å². The molecule has 2 aromatic rings. The lowest BCUT2D eigenvalue weighted by atomic mass is 9.87. The van der Waals surface area contributed by atoms with Gasteiger partial charge < -0.3 is 0 Å². The van der Waals surface area contributed by atoms with E-state index in [2.05, 4.69) is 89.4 Å². The molecule has 2 nitrogen and oxygen atoms in total. The summed E-state index contributed by atoms with van der Waals surface area (Å²) >= 11 is 0. The van der Waals surface area contributed by atoms with Crippen LogP contribution in [0.2, 0.25) is 0 Å². The molecule has 0 radical (unpaired) electrons. The second-order valence-electron chi connectivity index (χ2n) is 10.3. The van der Waals surface area contributed by atoms with Crippen molar-refractivity contribution in [3.8, 4) is 0 Å². The molecule has 0 saturated heterocycles. The minimum absolute atomic E-state index is 0.543. The fourth-order valence-corrected chi connectivity index (χ4v) is 4.30. The molecule has 0 heterocycles. The summed E-state index contributed by atoms with van der Waals surface area (Å²) in [5.74, 6) is 0. The molecular weight excluding hydrogens is 416 g/mol. The Kier molecular flexibility index (Phi) is 10.8. The van der Waals surface area contributed by atoms with Crippen LogP contribution in [-0.4, -0.2) is 0 Å². The van der Waals surface area contributed by atoms with E-state index >= 15 is 0 Å². The third-order valence-electron chi connectivity index (χ3n) is 6.86. The topological polar surface area (TPSA) is 18.5 Å². The number of benzene rings is 2. The van der Waals surface area contributed by atoms with Crippen molar-refractivity contribution in [2.45, 2.75) is 104 Å². The molecule has 0 saturated carbocycles. The molecule has 0 fully saturated rings. The van der Waals surface area contributed by atoms with Crippen LogP contribution in [-0.2, 0) is 21.0 Å². The third-order valence-corrected chi connectivity index (χ3v) is 6.86. The quantitative estimate of drug-likeness (QED) is 0.149. The molecule has 0 aliphatic carbocycles. The minimum Gasteiger partial charge on any atom is -0.225 e. The van der Waals surface area contributed by atoms with E-state index in [0.717, 1.165) is 59.1 Å². The molecular formula is C32H46O2. The first-order valence-corrected chi connectivity index (χ1v) is 13.0. The SMILES string of the molecule is C=C(C)c1cccc(C(C)(CCCCC)OOC(C)(CCCCC)c2cccc(C(=C)C)c2)c1. The highest BCUT2D eigenvalue weighted by Crippen LogP contribution is 2.39. The van der Waals surface area contributed by atoms with Crippen LogP contribution in [0.3, 0.4) is 0 Å². The fourth-order valence-electron chi connectivity index (χ4n) is 4.30. The van der Waals surface area contributed by atoms with Crippen molar-refractivity contribution in [1.29, 1.82) is 0 Å². The molecule has 0 aromatic heterocycles. The second kappa shape index (κ2) is 13.1. The smallest absolute Gasteiger partial charge is 0.126 e. The van der Waals surface area contributed by atoms with E-state index in [0.29, 0.717) is 0 Å². The maximum absolute atomic E-state index is 6.50. The number of allylic oxidation sites excluding steroid dienone is 2. The zero-order chi connectivity index (χ0) is 25.2. The average molecular weight is 463 g/mol. The Labute approximate surface area is 209 Å². The van der Waals surface area contributed by atoms with Crippen molar-refractivity contribution in [3.05, 3.63) is 83.9 Å². The van der Waals surface area contributed by atoms with Crippen LogP contribution in [0, 0.1) is 0 Å². The Bertz CT molecular complexity index is 866. The van der Waals surface area contributed by atoms with Crippen LogP contribution in [0.4, 0.5) is 0 Å². The van der Waals surface area contributed by atoms with Crippen LogP contribution in [0.1, 0.15) is 115 Å². The molecule has 186 valence electrons. The van der Waals surface area contributed by atoms with Gasteiger partial charge in [0, 0.05) is 0 Å². The zero-order valence-electron chi connectivity index (χ0n) is 22.5. The number of hydrogen-bond donors (Lipinski definition) is 0. The van der Waals surface area contributed by atoms with E-state index in [4.69, 9.17) is 9.78 Å². The summed E-state index contributed by atoms with van der Waals surface area (Å²) in [6, 6.07) is 17.1.